The van der Waals surface area contributed by atoms with Gasteiger partial charge in [-0.15, -0.1) is 4.40 Å². The van der Waals surface area contributed by atoms with Crippen molar-refractivity contribution in [3.63, 3.8) is 0 Å². The van der Waals surface area contributed by atoms with Crippen molar-refractivity contribution >= 4 is 34.4 Å². The van der Waals surface area contributed by atoms with Crippen LogP contribution in [0.25, 0.3) is 0 Å². The molecule has 182 valence electrons. The third-order valence-electron chi connectivity index (χ3n) is 6.90. The van der Waals surface area contributed by atoms with Crippen molar-refractivity contribution in [2.45, 2.75) is 44.0 Å². The molecular formula is C25H27N5O4S. The van der Waals surface area contributed by atoms with E-state index in [9.17, 15) is 18.0 Å². The number of amides is 2. The third-order valence-corrected chi connectivity index (χ3v) is 8.14. The van der Waals surface area contributed by atoms with Crippen LogP contribution in [0.5, 0.6) is 0 Å². The molecule has 2 heterocycles. The number of hydrogen-bond acceptors (Lipinski definition) is 6. The van der Waals surface area contributed by atoms with Crippen molar-refractivity contribution in [1.29, 1.82) is 0 Å². The lowest BCUT2D eigenvalue weighted by Crippen LogP contribution is -2.40. The number of hydrazone groups is 1. The van der Waals surface area contributed by atoms with Crippen LogP contribution >= 0.6 is 0 Å². The molecule has 5 rings (SSSR count). The highest BCUT2D eigenvalue weighted by Gasteiger charge is 2.39. The molecule has 0 unspecified atom stereocenters. The Morgan fingerprint density at radius 1 is 1.03 bits per heavy atom. The van der Waals surface area contributed by atoms with Crippen LogP contribution < -0.4 is 0 Å². The summed E-state index contributed by atoms with van der Waals surface area (Å²) >= 11 is 0. The Labute approximate surface area is 204 Å². The fraction of sp³-hybridized carbons (Fsp3) is 0.360. The fourth-order valence-electron chi connectivity index (χ4n) is 4.89. The van der Waals surface area contributed by atoms with Gasteiger partial charge in [0.15, 0.2) is 0 Å². The Morgan fingerprint density at radius 2 is 1.66 bits per heavy atom. The molecule has 1 aliphatic carbocycles. The second-order valence-corrected chi connectivity index (χ2v) is 10.8. The van der Waals surface area contributed by atoms with Crippen LogP contribution in [0.3, 0.4) is 0 Å². The van der Waals surface area contributed by atoms with Gasteiger partial charge in [-0.25, -0.2) is 5.12 Å². The van der Waals surface area contributed by atoms with Crippen LogP contribution in [0.15, 0.2) is 62.9 Å². The molecule has 0 radical (unpaired) electrons. The van der Waals surface area contributed by atoms with Crippen LogP contribution in [-0.4, -0.2) is 60.9 Å². The zero-order valence-corrected chi connectivity index (χ0v) is 20.3. The zero-order valence-electron chi connectivity index (χ0n) is 19.5. The average Bonchev–Trinajstić information content (AvgIpc) is 3.57. The quantitative estimate of drug-likeness (QED) is 0.333. The molecule has 1 saturated carbocycles. The van der Waals surface area contributed by atoms with Crippen molar-refractivity contribution in [2.75, 3.05) is 13.1 Å². The Hall–Kier alpha value is -3.53. The van der Waals surface area contributed by atoms with E-state index in [0.29, 0.717) is 23.2 Å². The molecule has 0 saturated heterocycles. The monoisotopic (exact) mass is 493 g/mol. The molecule has 0 N–H and O–H groups in total. The molecule has 10 heteroatoms. The van der Waals surface area contributed by atoms with Gasteiger partial charge in [-0.05, 0) is 49.6 Å². The standard InChI is InChI=1S/C25H27N5O4S/c1-2-28(30-17-25(16-26-30)13-5-6-14-25)18-27-35(33,34)20-11-9-19(10-12-20)15-29-23(31)21-7-3-4-8-22(21)24(29)32/h3-4,7-12,16,18H,2,5-6,13-15,17H2,1H3. The Balaban J connectivity index is 1.25. The van der Waals surface area contributed by atoms with Gasteiger partial charge in [-0.1, -0.05) is 37.1 Å². The van der Waals surface area contributed by atoms with Crippen molar-refractivity contribution in [2.24, 2.45) is 14.9 Å². The Kier molecular flexibility index (Phi) is 5.92. The molecule has 0 bridgehead atoms. The lowest BCUT2D eigenvalue weighted by molar-refractivity contribution is 0.0498. The summed E-state index contributed by atoms with van der Waals surface area (Å²) in [6.07, 6.45) is 7.90. The highest BCUT2D eigenvalue weighted by atomic mass is 32.2. The maximum Gasteiger partial charge on any atom is 0.283 e. The van der Waals surface area contributed by atoms with Crippen LogP contribution in [0, 0.1) is 5.41 Å². The topological polar surface area (TPSA) is 103 Å². The van der Waals surface area contributed by atoms with Gasteiger partial charge in [-0.2, -0.15) is 13.5 Å². The maximum absolute atomic E-state index is 12.8. The molecule has 2 aromatic rings. The first-order valence-electron chi connectivity index (χ1n) is 11.8. The number of benzene rings is 2. The van der Waals surface area contributed by atoms with Gasteiger partial charge in [0, 0.05) is 18.2 Å². The molecule has 0 aromatic heterocycles. The van der Waals surface area contributed by atoms with E-state index in [1.54, 1.807) is 46.5 Å². The first-order valence-corrected chi connectivity index (χ1v) is 13.2. The van der Waals surface area contributed by atoms with Gasteiger partial charge in [0.1, 0.15) is 6.34 Å². The largest absolute Gasteiger partial charge is 0.283 e. The van der Waals surface area contributed by atoms with Gasteiger partial charge >= 0.3 is 0 Å². The molecule has 1 spiro atoms. The van der Waals surface area contributed by atoms with E-state index >= 15 is 0 Å². The molecule has 35 heavy (non-hydrogen) atoms. The van der Waals surface area contributed by atoms with E-state index in [0.717, 1.165) is 19.4 Å². The van der Waals surface area contributed by atoms with E-state index in [1.807, 2.05) is 13.1 Å². The normalized spacial score (nSPS) is 18.9. The van der Waals surface area contributed by atoms with E-state index in [-0.39, 0.29) is 28.7 Å². The number of rotatable bonds is 7. The minimum atomic E-state index is -3.93. The van der Waals surface area contributed by atoms with Crippen LogP contribution in [0.4, 0.5) is 0 Å². The minimum Gasteiger partial charge on any atom is -0.270 e. The summed E-state index contributed by atoms with van der Waals surface area (Å²) in [6, 6.07) is 12.8. The number of fused-ring (bicyclic) bond motifs is 1. The number of sulfonamides is 1. The lowest BCUT2D eigenvalue weighted by Gasteiger charge is -2.29. The molecular weight excluding hydrogens is 466 g/mol. The summed E-state index contributed by atoms with van der Waals surface area (Å²) in [5, 5.41) is 7.98. The highest BCUT2D eigenvalue weighted by molar-refractivity contribution is 7.90. The third kappa shape index (κ3) is 4.34. The predicted octanol–water partition coefficient (Wildman–Crippen LogP) is 3.30. The summed E-state index contributed by atoms with van der Waals surface area (Å²) in [5.41, 5.74) is 1.50. The SMILES string of the molecule is CCN(C=NS(=O)(=O)c1ccc(CN2C(=O)c3ccccc3C2=O)cc1)N1CC2(C=N1)CCCC2. The molecule has 2 aromatic carbocycles. The first kappa shape index (κ1) is 23.2. The second kappa shape index (κ2) is 8.92. The molecule has 3 aliphatic rings. The zero-order chi connectivity index (χ0) is 24.6. The van der Waals surface area contributed by atoms with Crippen molar-refractivity contribution in [3.8, 4) is 0 Å². The highest BCUT2D eigenvalue weighted by Crippen LogP contribution is 2.40. The predicted molar refractivity (Wildman–Crippen MR) is 131 cm³/mol. The van der Waals surface area contributed by atoms with E-state index in [2.05, 4.69) is 9.50 Å². The van der Waals surface area contributed by atoms with Crippen LogP contribution in [0.2, 0.25) is 0 Å². The van der Waals surface area contributed by atoms with E-state index in [4.69, 9.17) is 0 Å². The molecule has 0 atom stereocenters. The number of carbonyl (C=O) groups is 2. The number of imide groups is 1. The first-order chi connectivity index (χ1) is 16.8. The van der Waals surface area contributed by atoms with Gasteiger partial charge in [0.2, 0.25) is 0 Å². The van der Waals surface area contributed by atoms with Gasteiger partial charge in [0.05, 0.1) is 29.1 Å². The summed E-state index contributed by atoms with van der Waals surface area (Å²) in [6.45, 7) is 3.25. The van der Waals surface area contributed by atoms with Gasteiger partial charge < -0.3 is 0 Å². The van der Waals surface area contributed by atoms with Crippen molar-refractivity contribution in [3.05, 3.63) is 65.2 Å². The maximum atomic E-state index is 12.8. The van der Waals surface area contributed by atoms with Crippen molar-refractivity contribution < 1.29 is 18.0 Å². The molecule has 2 aliphatic heterocycles. The number of hydrogen-bond donors (Lipinski definition) is 0. The molecule has 9 nitrogen and oxygen atoms in total. The minimum absolute atomic E-state index is 0.0353. The second-order valence-electron chi connectivity index (χ2n) is 9.18. The summed E-state index contributed by atoms with van der Waals surface area (Å²) < 4.78 is 29.5. The van der Waals surface area contributed by atoms with Gasteiger partial charge in [0.25, 0.3) is 21.8 Å². The Bertz CT molecular complexity index is 1280. The molecule has 2 amide bonds. The molecule has 1 fully saturated rings. The van der Waals surface area contributed by atoms with E-state index in [1.165, 1.54) is 36.2 Å². The summed E-state index contributed by atoms with van der Waals surface area (Å²) in [7, 11) is -3.93. The van der Waals surface area contributed by atoms with Crippen LogP contribution in [-0.2, 0) is 16.6 Å². The van der Waals surface area contributed by atoms with Gasteiger partial charge in [-0.3, -0.25) is 19.5 Å². The number of nitrogens with zero attached hydrogens (tertiary/aromatic N) is 5. The lowest BCUT2D eigenvalue weighted by atomic mass is 9.89. The summed E-state index contributed by atoms with van der Waals surface area (Å²) in [5.74, 6) is -0.703. The number of carbonyl (C=O) groups excluding carboxylic acids is 2. The summed E-state index contributed by atoms with van der Waals surface area (Å²) in [4.78, 5) is 26.4. The number of hydrazine groups is 1. The van der Waals surface area contributed by atoms with Crippen LogP contribution in [0.1, 0.15) is 58.9 Å². The van der Waals surface area contributed by atoms with E-state index < -0.39 is 10.0 Å². The smallest absolute Gasteiger partial charge is 0.270 e. The Morgan fingerprint density at radius 3 is 2.26 bits per heavy atom. The van der Waals surface area contributed by atoms with Crippen molar-refractivity contribution in [1.82, 2.24) is 15.0 Å². The fourth-order valence-corrected chi connectivity index (χ4v) is 5.72. The average molecular weight is 494 g/mol.